The van der Waals surface area contributed by atoms with Crippen molar-refractivity contribution in [3.05, 3.63) is 16.8 Å². The van der Waals surface area contributed by atoms with E-state index < -0.39 is 6.03 Å². The van der Waals surface area contributed by atoms with Gasteiger partial charge in [0.1, 0.15) is 6.29 Å². The van der Waals surface area contributed by atoms with Crippen molar-refractivity contribution in [1.82, 2.24) is 5.32 Å². The molecule has 2 N–H and O–H groups in total. The molecular formula is C7H7BrN2O3. The second-order valence-corrected chi connectivity index (χ2v) is 2.89. The minimum atomic E-state index is -0.478. The van der Waals surface area contributed by atoms with E-state index >= 15 is 0 Å². The number of carbonyl (C=O) groups excluding carboxylic acids is 2. The smallest absolute Gasteiger partial charge is 0.321 e. The zero-order chi connectivity index (χ0) is 9.68. The molecule has 6 heteroatoms. The van der Waals surface area contributed by atoms with Gasteiger partial charge in [-0.2, -0.15) is 0 Å². The molecule has 0 aliphatic rings. The van der Waals surface area contributed by atoms with Crippen LogP contribution in [-0.2, 0) is 4.79 Å². The van der Waals surface area contributed by atoms with Gasteiger partial charge in [0.25, 0.3) is 0 Å². The molecule has 0 bridgehead atoms. The van der Waals surface area contributed by atoms with Crippen LogP contribution < -0.4 is 10.6 Å². The zero-order valence-electron chi connectivity index (χ0n) is 6.54. The fraction of sp³-hybridized carbons (Fsp3) is 0.143. The van der Waals surface area contributed by atoms with Gasteiger partial charge < -0.3 is 14.5 Å². The molecule has 0 saturated carbocycles. The Labute approximate surface area is 82.6 Å². The van der Waals surface area contributed by atoms with Crippen LogP contribution in [-0.4, -0.2) is 18.9 Å². The van der Waals surface area contributed by atoms with Gasteiger partial charge in [0.2, 0.25) is 5.88 Å². The lowest BCUT2D eigenvalue weighted by Crippen LogP contribution is -2.29. The molecule has 0 radical (unpaired) electrons. The first-order valence-corrected chi connectivity index (χ1v) is 4.25. The Bertz CT molecular complexity index is 310. The van der Waals surface area contributed by atoms with Gasteiger partial charge in [-0.1, -0.05) is 0 Å². The molecule has 2 amide bonds. The van der Waals surface area contributed by atoms with Crippen molar-refractivity contribution in [3.63, 3.8) is 0 Å². The lowest BCUT2D eigenvalue weighted by Gasteiger charge is -2.00. The first-order valence-electron chi connectivity index (χ1n) is 3.46. The Morgan fingerprint density at radius 3 is 2.92 bits per heavy atom. The summed E-state index contributed by atoms with van der Waals surface area (Å²) in [5.74, 6) is 0.315. The van der Waals surface area contributed by atoms with Crippen molar-refractivity contribution >= 4 is 34.1 Å². The maximum atomic E-state index is 10.9. The molecule has 0 spiro atoms. The zero-order valence-corrected chi connectivity index (χ0v) is 8.13. The number of halogens is 1. The number of aldehydes is 1. The van der Waals surface area contributed by atoms with Crippen LogP contribution >= 0.6 is 15.9 Å². The highest BCUT2D eigenvalue weighted by Crippen LogP contribution is 2.17. The quantitative estimate of drug-likeness (QED) is 0.792. The molecule has 0 unspecified atom stereocenters. The third-order valence-electron chi connectivity index (χ3n) is 1.16. The minimum absolute atomic E-state index is 0.0201. The molecule has 1 heterocycles. The molecular weight excluding hydrogens is 240 g/mol. The Balaban J connectivity index is 2.40. The first-order chi connectivity index (χ1) is 6.22. The van der Waals surface area contributed by atoms with E-state index in [1.54, 1.807) is 12.1 Å². The number of carbonyl (C=O) groups is 2. The number of nitrogens with one attached hydrogen (secondary N) is 2. The topological polar surface area (TPSA) is 71.3 Å². The average Bonchev–Trinajstić information content (AvgIpc) is 2.48. The molecule has 0 aromatic carbocycles. The van der Waals surface area contributed by atoms with Gasteiger partial charge in [-0.25, -0.2) is 4.79 Å². The second kappa shape index (κ2) is 4.66. The number of hydrogen-bond donors (Lipinski definition) is 2. The molecule has 1 rings (SSSR count). The summed E-state index contributed by atoms with van der Waals surface area (Å²) in [4.78, 5) is 20.8. The summed E-state index contributed by atoms with van der Waals surface area (Å²) in [5, 5.41) is 4.69. The molecule has 0 atom stereocenters. The predicted octanol–water partition coefficient (Wildman–Crippen LogP) is 1.36. The number of hydrogen-bond acceptors (Lipinski definition) is 3. The maximum absolute atomic E-state index is 10.9. The van der Waals surface area contributed by atoms with E-state index in [4.69, 9.17) is 4.42 Å². The molecule has 0 aliphatic heterocycles. The normalized spacial score (nSPS) is 9.31. The molecule has 13 heavy (non-hydrogen) atoms. The van der Waals surface area contributed by atoms with Crippen LogP contribution in [0.25, 0.3) is 0 Å². The van der Waals surface area contributed by atoms with Crippen molar-refractivity contribution in [2.45, 2.75) is 0 Å². The highest BCUT2D eigenvalue weighted by atomic mass is 79.9. The molecule has 0 fully saturated rings. The number of anilines is 1. The van der Waals surface area contributed by atoms with Crippen LogP contribution in [0.5, 0.6) is 0 Å². The van der Waals surface area contributed by atoms with Gasteiger partial charge in [0.15, 0.2) is 4.67 Å². The third-order valence-corrected chi connectivity index (χ3v) is 1.58. The molecule has 0 aliphatic carbocycles. The highest BCUT2D eigenvalue weighted by molar-refractivity contribution is 9.10. The Morgan fingerprint density at radius 1 is 1.62 bits per heavy atom. The summed E-state index contributed by atoms with van der Waals surface area (Å²) >= 11 is 3.08. The lowest BCUT2D eigenvalue weighted by atomic mass is 10.6. The van der Waals surface area contributed by atoms with E-state index in [9.17, 15) is 9.59 Å². The average molecular weight is 247 g/mol. The summed E-state index contributed by atoms with van der Waals surface area (Å²) < 4.78 is 5.52. The van der Waals surface area contributed by atoms with Crippen molar-refractivity contribution in [3.8, 4) is 0 Å². The fourth-order valence-corrected chi connectivity index (χ4v) is 0.978. The van der Waals surface area contributed by atoms with Crippen LogP contribution in [0.3, 0.4) is 0 Å². The predicted molar refractivity (Wildman–Crippen MR) is 49.5 cm³/mol. The summed E-state index contributed by atoms with van der Waals surface area (Å²) in [7, 11) is 0. The minimum Gasteiger partial charge on any atom is -0.434 e. The molecule has 1 aromatic heterocycles. The van der Waals surface area contributed by atoms with E-state index in [1.807, 2.05) is 0 Å². The van der Waals surface area contributed by atoms with Gasteiger partial charge in [0.05, 0.1) is 6.54 Å². The second-order valence-electron chi connectivity index (χ2n) is 2.11. The van der Waals surface area contributed by atoms with Crippen molar-refractivity contribution in [1.29, 1.82) is 0 Å². The van der Waals surface area contributed by atoms with Gasteiger partial charge >= 0.3 is 6.03 Å². The molecule has 0 saturated heterocycles. The van der Waals surface area contributed by atoms with E-state index in [0.29, 0.717) is 16.8 Å². The maximum Gasteiger partial charge on any atom is 0.321 e. The van der Waals surface area contributed by atoms with E-state index in [-0.39, 0.29) is 6.54 Å². The monoisotopic (exact) mass is 246 g/mol. The van der Waals surface area contributed by atoms with Crippen molar-refractivity contribution < 1.29 is 14.0 Å². The number of amides is 2. The van der Waals surface area contributed by atoms with Crippen LogP contribution in [0.2, 0.25) is 0 Å². The standard InChI is InChI=1S/C7H7BrN2O3/c8-5-1-2-6(13-5)10-7(12)9-3-4-11/h1-2,4H,3H2,(H2,9,10,12). The van der Waals surface area contributed by atoms with Crippen molar-refractivity contribution in [2.24, 2.45) is 0 Å². The van der Waals surface area contributed by atoms with Crippen LogP contribution in [0.4, 0.5) is 10.7 Å². The molecule has 1 aromatic rings. The van der Waals surface area contributed by atoms with Crippen LogP contribution in [0, 0.1) is 0 Å². The van der Waals surface area contributed by atoms with E-state index in [0.717, 1.165) is 0 Å². The number of urea groups is 1. The first kappa shape index (κ1) is 9.79. The summed E-state index contributed by atoms with van der Waals surface area (Å²) in [6, 6.07) is 2.76. The van der Waals surface area contributed by atoms with Gasteiger partial charge in [-0.3, -0.25) is 5.32 Å². The Hall–Kier alpha value is -1.30. The Kier molecular flexibility index (Phi) is 3.51. The number of furan rings is 1. The third kappa shape index (κ3) is 3.29. The largest absolute Gasteiger partial charge is 0.434 e. The molecule has 5 nitrogen and oxygen atoms in total. The van der Waals surface area contributed by atoms with Gasteiger partial charge in [0, 0.05) is 6.07 Å². The SMILES string of the molecule is O=CCNC(=O)Nc1ccc(Br)o1. The summed E-state index contributed by atoms with van der Waals surface area (Å²) in [6.45, 7) is -0.0201. The van der Waals surface area contributed by atoms with Crippen molar-refractivity contribution in [2.75, 3.05) is 11.9 Å². The van der Waals surface area contributed by atoms with Gasteiger partial charge in [-0.15, -0.1) is 0 Å². The van der Waals surface area contributed by atoms with E-state index in [2.05, 4.69) is 26.6 Å². The summed E-state index contributed by atoms with van der Waals surface area (Å²) in [6.07, 6.45) is 0.595. The lowest BCUT2D eigenvalue weighted by molar-refractivity contribution is -0.107. The van der Waals surface area contributed by atoms with Crippen LogP contribution in [0.1, 0.15) is 0 Å². The highest BCUT2D eigenvalue weighted by Gasteiger charge is 2.03. The van der Waals surface area contributed by atoms with Gasteiger partial charge in [-0.05, 0) is 22.0 Å². The number of rotatable bonds is 3. The van der Waals surface area contributed by atoms with Crippen LogP contribution in [0.15, 0.2) is 21.2 Å². The molecule has 70 valence electrons. The Morgan fingerprint density at radius 2 is 2.38 bits per heavy atom. The summed E-state index contributed by atoms with van der Waals surface area (Å²) in [5.41, 5.74) is 0. The fourth-order valence-electron chi connectivity index (χ4n) is 0.672. The van der Waals surface area contributed by atoms with E-state index in [1.165, 1.54) is 0 Å².